The molecular formula is C14H18F3N3O. The number of nitrogens with one attached hydrogen (secondary N) is 1. The normalized spacial score (nSPS) is 10.8. The number of aromatic nitrogens is 1. The molecule has 0 atom stereocenters. The monoisotopic (exact) mass is 301 g/mol. The van der Waals surface area contributed by atoms with Crippen LogP contribution in [-0.2, 0) is 0 Å². The SMILES string of the molecule is CCN.CCNc1ccc2cc(OC(F)(F)F)ccc2n1. The van der Waals surface area contributed by atoms with Crippen molar-refractivity contribution < 1.29 is 17.9 Å². The second-order valence-corrected chi connectivity index (χ2v) is 4.04. The molecule has 2 aromatic rings. The Morgan fingerprint density at radius 1 is 1.19 bits per heavy atom. The Balaban J connectivity index is 0.000000677. The van der Waals surface area contributed by atoms with E-state index in [1.807, 2.05) is 13.8 Å². The minimum Gasteiger partial charge on any atom is -0.406 e. The number of hydrogen-bond acceptors (Lipinski definition) is 4. The van der Waals surface area contributed by atoms with E-state index in [9.17, 15) is 13.2 Å². The maximum atomic E-state index is 12.1. The van der Waals surface area contributed by atoms with Crippen LogP contribution in [0.15, 0.2) is 30.3 Å². The van der Waals surface area contributed by atoms with Crippen molar-refractivity contribution in [1.29, 1.82) is 0 Å². The first-order valence-electron chi connectivity index (χ1n) is 6.50. The summed E-state index contributed by atoms with van der Waals surface area (Å²) < 4.78 is 40.0. The fourth-order valence-electron chi connectivity index (χ4n) is 1.58. The summed E-state index contributed by atoms with van der Waals surface area (Å²) in [6, 6.07) is 7.47. The molecule has 0 aliphatic rings. The van der Waals surface area contributed by atoms with Crippen LogP contribution in [-0.4, -0.2) is 24.4 Å². The van der Waals surface area contributed by atoms with Crippen molar-refractivity contribution in [3.8, 4) is 5.75 Å². The molecule has 1 aromatic carbocycles. The van der Waals surface area contributed by atoms with E-state index in [1.165, 1.54) is 18.2 Å². The Morgan fingerprint density at radius 3 is 2.43 bits per heavy atom. The Hall–Kier alpha value is -2.02. The van der Waals surface area contributed by atoms with Crippen molar-refractivity contribution in [2.75, 3.05) is 18.4 Å². The fraction of sp³-hybridized carbons (Fsp3) is 0.357. The van der Waals surface area contributed by atoms with Crippen molar-refractivity contribution in [2.24, 2.45) is 5.73 Å². The van der Waals surface area contributed by atoms with Gasteiger partial charge in [-0.25, -0.2) is 4.98 Å². The summed E-state index contributed by atoms with van der Waals surface area (Å²) in [5, 5.41) is 3.63. The van der Waals surface area contributed by atoms with E-state index in [2.05, 4.69) is 15.0 Å². The van der Waals surface area contributed by atoms with Gasteiger partial charge >= 0.3 is 6.36 Å². The largest absolute Gasteiger partial charge is 0.573 e. The van der Waals surface area contributed by atoms with Gasteiger partial charge in [0.25, 0.3) is 0 Å². The highest BCUT2D eigenvalue weighted by atomic mass is 19.4. The van der Waals surface area contributed by atoms with Crippen molar-refractivity contribution >= 4 is 16.7 Å². The van der Waals surface area contributed by atoms with Crippen LogP contribution in [0.1, 0.15) is 13.8 Å². The van der Waals surface area contributed by atoms with Crippen LogP contribution < -0.4 is 15.8 Å². The molecule has 0 spiro atoms. The number of nitrogens with two attached hydrogens (primary N) is 1. The highest BCUT2D eigenvalue weighted by Gasteiger charge is 2.31. The molecule has 0 unspecified atom stereocenters. The van der Waals surface area contributed by atoms with Gasteiger partial charge < -0.3 is 15.8 Å². The summed E-state index contributed by atoms with van der Waals surface area (Å²) in [6.07, 6.45) is -4.68. The summed E-state index contributed by atoms with van der Waals surface area (Å²) in [5.41, 5.74) is 5.46. The number of ether oxygens (including phenoxy) is 1. The number of hydrogen-bond donors (Lipinski definition) is 2. The van der Waals surface area contributed by atoms with Crippen molar-refractivity contribution in [1.82, 2.24) is 4.98 Å². The molecule has 0 aliphatic heterocycles. The van der Waals surface area contributed by atoms with E-state index in [0.29, 0.717) is 16.7 Å². The van der Waals surface area contributed by atoms with Crippen LogP contribution in [0.2, 0.25) is 0 Å². The quantitative estimate of drug-likeness (QED) is 0.910. The average molecular weight is 301 g/mol. The number of halogens is 3. The Morgan fingerprint density at radius 2 is 1.86 bits per heavy atom. The number of rotatable bonds is 3. The first kappa shape index (κ1) is 17.0. The zero-order valence-electron chi connectivity index (χ0n) is 11.9. The van der Waals surface area contributed by atoms with Gasteiger partial charge in [-0.3, -0.25) is 0 Å². The number of alkyl halides is 3. The summed E-state index contributed by atoms with van der Waals surface area (Å²) in [5.74, 6) is 0.447. The molecule has 7 heteroatoms. The first-order valence-corrected chi connectivity index (χ1v) is 6.50. The molecule has 0 saturated carbocycles. The van der Waals surface area contributed by atoms with Gasteiger partial charge in [0.15, 0.2) is 0 Å². The lowest BCUT2D eigenvalue weighted by Gasteiger charge is -2.09. The van der Waals surface area contributed by atoms with Crippen LogP contribution in [0.4, 0.5) is 19.0 Å². The second-order valence-electron chi connectivity index (χ2n) is 4.04. The van der Waals surface area contributed by atoms with Crippen molar-refractivity contribution in [3.63, 3.8) is 0 Å². The molecule has 1 heterocycles. The summed E-state index contributed by atoms with van der Waals surface area (Å²) in [4.78, 5) is 4.25. The molecule has 116 valence electrons. The molecule has 0 aliphatic carbocycles. The molecule has 0 saturated heterocycles. The van der Waals surface area contributed by atoms with Crippen LogP contribution in [0.3, 0.4) is 0 Å². The molecule has 0 amide bonds. The second kappa shape index (κ2) is 7.68. The van der Waals surface area contributed by atoms with Gasteiger partial charge in [0, 0.05) is 11.9 Å². The maximum absolute atomic E-state index is 12.1. The van der Waals surface area contributed by atoms with E-state index >= 15 is 0 Å². The summed E-state index contributed by atoms with van der Waals surface area (Å²) >= 11 is 0. The third kappa shape index (κ3) is 5.86. The number of fused-ring (bicyclic) bond motifs is 1. The Kier molecular flexibility index (Phi) is 6.23. The molecule has 2 rings (SSSR count). The Labute approximate surface area is 121 Å². The lowest BCUT2D eigenvalue weighted by atomic mass is 10.2. The van der Waals surface area contributed by atoms with Crippen LogP contribution in [0, 0.1) is 0 Å². The Bertz CT molecular complexity index is 573. The average Bonchev–Trinajstić information content (AvgIpc) is 2.38. The molecule has 0 fully saturated rings. The molecule has 0 radical (unpaired) electrons. The van der Waals surface area contributed by atoms with E-state index < -0.39 is 6.36 Å². The predicted molar refractivity (Wildman–Crippen MR) is 77.3 cm³/mol. The standard InChI is InChI=1S/C12H11F3N2O.C2H7N/c1-2-16-11-6-3-8-7-9(18-12(13,14)15)4-5-10(8)17-11;1-2-3/h3-7H,2H2,1H3,(H,16,17);2-3H2,1H3. The van der Waals surface area contributed by atoms with Gasteiger partial charge in [-0.1, -0.05) is 6.92 Å². The zero-order valence-corrected chi connectivity index (χ0v) is 11.9. The van der Waals surface area contributed by atoms with E-state index in [1.54, 1.807) is 12.1 Å². The number of benzene rings is 1. The third-order valence-electron chi connectivity index (χ3n) is 2.25. The predicted octanol–water partition coefficient (Wildman–Crippen LogP) is 3.53. The fourth-order valence-corrected chi connectivity index (χ4v) is 1.58. The lowest BCUT2D eigenvalue weighted by Crippen LogP contribution is -2.17. The minimum atomic E-state index is -4.68. The van der Waals surface area contributed by atoms with Gasteiger partial charge in [0.1, 0.15) is 11.6 Å². The highest BCUT2D eigenvalue weighted by Crippen LogP contribution is 2.26. The molecule has 1 aromatic heterocycles. The number of pyridine rings is 1. The lowest BCUT2D eigenvalue weighted by molar-refractivity contribution is -0.274. The maximum Gasteiger partial charge on any atom is 0.573 e. The molecular weight excluding hydrogens is 283 g/mol. The number of anilines is 1. The highest BCUT2D eigenvalue weighted by molar-refractivity contribution is 5.81. The van der Waals surface area contributed by atoms with Gasteiger partial charge in [-0.2, -0.15) is 0 Å². The van der Waals surface area contributed by atoms with E-state index in [4.69, 9.17) is 5.73 Å². The smallest absolute Gasteiger partial charge is 0.406 e. The first-order chi connectivity index (χ1) is 9.89. The third-order valence-corrected chi connectivity index (χ3v) is 2.25. The van der Waals surface area contributed by atoms with Crippen molar-refractivity contribution in [3.05, 3.63) is 30.3 Å². The van der Waals surface area contributed by atoms with Crippen molar-refractivity contribution in [2.45, 2.75) is 20.2 Å². The van der Waals surface area contributed by atoms with E-state index in [-0.39, 0.29) is 5.75 Å². The van der Waals surface area contributed by atoms with E-state index in [0.717, 1.165) is 13.1 Å². The van der Waals surface area contributed by atoms with Crippen LogP contribution >= 0.6 is 0 Å². The summed E-state index contributed by atoms with van der Waals surface area (Å²) in [7, 11) is 0. The molecule has 21 heavy (non-hydrogen) atoms. The van der Waals surface area contributed by atoms with Gasteiger partial charge in [-0.05, 0) is 43.8 Å². The van der Waals surface area contributed by atoms with Gasteiger partial charge in [-0.15, -0.1) is 13.2 Å². The molecule has 4 nitrogen and oxygen atoms in total. The summed E-state index contributed by atoms with van der Waals surface area (Å²) in [6.45, 7) is 5.32. The van der Waals surface area contributed by atoms with Gasteiger partial charge in [0.05, 0.1) is 5.52 Å². The molecule has 0 bridgehead atoms. The topological polar surface area (TPSA) is 60.2 Å². The van der Waals surface area contributed by atoms with Crippen LogP contribution in [0.25, 0.3) is 10.9 Å². The number of nitrogens with zero attached hydrogens (tertiary/aromatic N) is 1. The minimum absolute atomic E-state index is 0.243. The van der Waals surface area contributed by atoms with Crippen LogP contribution in [0.5, 0.6) is 5.75 Å². The van der Waals surface area contributed by atoms with Gasteiger partial charge in [0.2, 0.25) is 0 Å². The molecule has 3 N–H and O–H groups in total. The zero-order chi connectivity index (χ0) is 15.9.